The smallest absolute Gasteiger partial charge is 0.0787 e. The van der Waals surface area contributed by atoms with Gasteiger partial charge in [0.05, 0.1) is 6.10 Å². The fraction of sp³-hybridized carbons (Fsp3) is 0.538. The van der Waals surface area contributed by atoms with Crippen LogP contribution in [0.15, 0.2) is 29.2 Å². The Morgan fingerprint density at radius 3 is 2.27 bits per heavy atom. The lowest BCUT2D eigenvalue weighted by atomic mass is 10.1. The molecule has 1 atom stereocenters. The van der Waals surface area contributed by atoms with Crippen LogP contribution in [0.1, 0.15) is 38.9 Å². The summed E-state index contributed by atoms with van der Waals surface area (Å²) in [6, 6.07) is 8.25. The van der Waals surface area contributed by atoms with Crippen LogP contribution in [0.3, 0.4) is 0 Å². The zero-order valence-electron chi connectivity index (χ0n) is 9.73. The minimum Gasteiger partial charge on any atom is -0.388 e. The first-order chi connectivity index (χ1) is 7.13. The molecular weight excluding hydrogens is 204 g/mol. The van der Waals surface area contributed by atoms with E-state index in [0.717, 1.165) is 23.7 Å². The van der Waals surface area contributed by atoms with Crippen LogP contribution in [0, 0.1) is 5.92 Å². The van der Waals surface area contributed by atoms with Gasteiger partial charge in [-0.2, -0.15) is 0 Å². The molecule has 84 valence electrons. The van der Waals surface area contributed by atoms with Crippen molar-refractivity contribution in [1.29, 1.82) is 0 Å². The van der Waals surface area contributed by atoms with Gasteiger partial charge >= 0.3 is 0 Å². The van der Waals surface area contributed by atoms with Crippen molar-refractivity contribution < 1.29 is 5.11 Å². The second-order valence-electron chi connectivity index (χ2n) is 4.20. The number of thioether (sulfide) groups is 1. The van der Waals surface area contributed by atoms with Crippen molar-refractivity contribution in [3.05, 3.63) is 29.8 Å². The van der Waals surface area contributed by atoms with Crippen molar-refractivity contribution >= 4 is 11.8 Å². The van der Waals surface area contributed by atoms with E-state index in [4.69, 9.17) is 0 Å². The van der Waals surface area contributed by atoms with Gasteiger partial charge in [-0.25, -0.2) is 0 Å². The van der Waals surface area contributed by atoms with Crippen molar-refractivity contribution in [2.45, 2.75) is 38.2 Å². The molecule has 0 aliphatic carbocycles. The van der Waals surface area contributed by atoms with Gasteiger partial charge in [0.25, 0.3) is 0 Å². The second kappa shape index (κ2) is 6.19. The summed E-state index contributed by atoms with van der Waals surface area (Å²) >= 11 is 1.87. The van der Waals surface area contributed by atoms with Crippen LogP contribution in [0.25, 0.3) is 0 Å². The summed E-state index contributed by atoms with van der Waals surface area (Å²) in [5.41, 5.74) is 1.02. The summed E-state index contributed by atoms with van der Waals surface area (Å²) in [6.45, 7) is 6.44. The molecule has 0 aliphatic rings. The van der Waals surface area contributed by atoms with Crippen molar-refractivity contribution in [3.63, 3.8) is 0 Å². The normalized spacial score (nSPS) is 13.1. The topological polar surface area (TPSA) is 20.2 Å². The number of hydrogen-bond donors (Lipinski definition) is 1. The largest absolute Gasteiger partial charge is 0.388 e. The van der Waals surface area contributed by atoms with Crippen LogP contribution in [0.4, 0.5) is 0 Å². The summed E-state index contributed by atoms with van der Waals surface area (Å²) in [7, 11) is 0. The first-order valence-corrected chi connectivity index (χ1v) is 6.52. The van der Waals surface area contributed by atoms with Crippen molar-refractivity contribution in [1.82, 2.24) is 0 Å². The van der Waals surface area contributed by atoms with Gasteiger partial charge < -0.3 is 5.11 Å². The summed E-state index contributed by atoms with van der Waals surface area (Å²) in [4.78, 5) is 1.29. The molecule has 1 aromatic rings. The van der Waals surface area contributed by atoms with Gasteiger partial charge in [-0.05, 0) is 30.0 Å². The number of rotatable bonds is 5. The Morgan fingerprint density at radius 2 is 1.80 bits per heavy atom. The molecule has 0 amide bonds. The highest BCUT2D eigenvalue weighted by atomic mass is 32.2. The van der Waals surface area contributed by atoms with Gasteiger partial charge in [-0.3, -0.25) is 0 Å². The highest BCUT2D eigenvalue weighted by Gasteiger charge is 2.04. The van der Waals surface area contributed by atoms with Crippen molar-refractivity contribution in [3.8, 4) is 0 Å². The maximum atomic E-state index is 9.63. The Kier molecular flexibility index (Phi) is 5.20. The van der Waals surface area contributed by atoms with Crippen LogP contribution >= 0.6 is 11.8 Å². The monoisotopic (exact) mass is 224 g/mol. The lowest BCUT2D eigenvalue weighted by Gasteiger charge is -2.09. The third-order valence-corrected chi connectivity index (χ3v) is 3.67. The Labute approximate surface area is 96.9 Å². The predicted octanol–water partition coefficient (Wildman–Crippen LogP) is 3.88. The standard InChI is InChI=1S/C13H20OS/c1-4-13(14)11-5-7-12(8-6-11)15-9-10(2)3/h5-8,10,13-14H,4,9H2,1-3H3/t13-/m1/s1. The molecule has 0 radical (unpaired) electrons. The highest BCUT2D eigenvalue weighted by Crippen LogP contribution is 2.23. The van der Waals surface area contributed by atoms with Crippen molar-refractivity contribution in [2.75, 3.05) is 5.75 Å². The summed E-state index contributed by atoms with van der Waals surface area (Å²) in [6.07, 6.45) is 0.465. The van der Waals surface area contributed by atoms with E-state index in [1.807, 2.05) is 30.8 Å². The molecule has 0 unspecified atom stereocenters. The number of aliphatic hydroxyl groups excluding tert-OH is 1. The van der Waals surface area contributed by atoms with E-state index in [2.05, 4.69) is 26.0 Å². The van der Waals surface area contributed by atoms with E-state index >= 15 is 0 Å². The first kappa shape index (κ1) is 12.6. The zero-order chi connectivity index (χ0) is 11.3. The molecule has 15 heavy (non-hydrogen) atoms. The van der Waals surface area contributed by atoms with Crippen LogP contribution in [-0.2, 0) is 0 Å². The lowest BCUT2D eigenvalue weighted by molar-refractivity contribution is 0.173. The molecule has 1 aromatic carbocycles. The highest BCUT2D eigenvalue weighted by molar-refractivity contribution is 7.99. The molecule has 0 saturated heterocycles. The molecule has 0 heterocycles. The maximum absolute atomic E-state index is 9.63. The molecule has 0 aliphatic heterocycles. The molecule has 0 fully saturated rings. The minimum atomic E-state index is -0.311. The Balaban J connectivity index is 2.56. The quantitative estimate of drug-likeness (QED) is 0.766. The Bertz CT molecular complexity index is 279. The van der Waals surface area contributed by atoms with Gasteiger partial charge in [0.2, 0.25) is 0 Å². The van der Waals surface area contributed by atoms with Gasteiger partial charge in [0.15, 0.2) is 0 Å². The number of hydrogen-bond acceptors (Lipinski definition) is 2. The van der Waals surface area contributed by atoms with E-state index in [1.165, 1.54) is 4.90 Å². The predicted molar refractivity (Wildman–Crippen MR) is 67.3 cm³/mol. The van der Waals surface area contributed by atoms with E-state index in [1.54, 1.807) is 0 Å². The summed E-state index contributed by atoms with van der Waals surface area (Å²) < 4.78 is 0. The van der Waals surface area contributed by atoms with Gasteiger partial charge in [-0.15, -0.1) is 11.8 Å². The average molecular weight is 224 g/mol. The number of aliphatic hydroxyl groups is 1. The van der Waals surface area contributed by atoms with E-state index < -0.39 is 0 Å². The van der Waals surface area contributed by atoms with E-state index in [-0.39, 0.29) is 6.10 Å². The molecule has 1 nitrogen and oxygen atoms in total. The summed E-state index contributed by atoms with van der Waals surface area (Å²) in [5.74, 6) is 1.87. The first-order valence-electron chi connectivity index (χ1n) is 5.54. The van der Waals surface area contributed by atoms with E-state index in [9.17, 15) is 5.11 Å². The van der Waals surface area contributed by atoms with Gasteiger partial charge in [0, 0.05) is 10.6 Å². The molecule has 0 saturated carbocycles. The molecule has 1 N–H and O–H groups in total. The molecule has 0 spiro atoms. The molecular formula is C13H20OS. The fourth-order valence-corrected chi connectivity index (χ4v) is 2.14. The summed E-state index contributed by atoms with van der Waals surface area (Å²) in [5, 5.41) is 9.63. The second-order valence-corrected chi connectivity index (χ2v) is 5.29. The zero-order valence-corrected chi connectivity index (χ0v) is 10.6. The van der Waals surface area contributed by atoms with E-state index in [0.29, 0.717) is 0 Å². The fourth-order valence-electron chi connectivity index (χ4n) is 1.28. The minimum absolute atomic E-state index is 0.311. The van der Waals surface area contributed by atoms with Crippen LogP contribution in [0.2, 0.25) is 0 Å². The van der Waals surface area contributed by atoms with Gasteiger partial charge in [-0.1, -0.05) is 32.9 Å². The SMILES string of the molecule is CC[C@@H](O)c1ccc(SCC(C)C)cc1. The third kappa shape index (κ3) is 4.27. The van der Waals surface area contributed by atoms with Gasteiger partial charge in [0.1, 0.15) is 0 Å². The van der Waals surface area contributed by atoms with Crippen LogP contribution in [0.5, 0.6) is 0 Å². The average Bonchev–Trinajstić information content (AvgIpc) is 2.26. The van der Waals surface area contributed by atoms with Crippen LogP contribution in [-0.4, -0.2) is 10.9 Å². The third-order valence-electron chi connectivity index (χ3n) is 2.23. The Morgan fingerprint density at radius 1 is 1.20 bits per heavy atom. The van der Waals surface area contributed by atoms with Crippen LogP contribution < -0.4 is 0 Å². The molecule has 0 aromatic heterocycles. The number of benzene rings is 1. The maximum Gasteiger partial charge on any atom is 0.0787 e. The molecule has 1 rings (SSSR count). The Hall–Kier alpha value is -0.470. The molecule has 0 bridgehead atoms. The van der Waals surface area contributed by atoms with Crippen molar-refractivity contribution in [2.24, 2.45) is 5.92 Å². The molecule has 2 heteroatoms. The lowest BCUT2D eigenvalue weighted by Crippen LogP contribution is -1.94.